The van der Waals surface area contributed by atoms with Crippen molar-refractivity contribution in [2.45, 2.75) is 38.6 Å². The van der Waals surface area contributed by atoms with Gasteiger partial charge in [-0.2, -0.15) is 0 Å². The van der Waals surface area contributed by atoms with Crippen LogP contribution in [-0.4, -0.2) is 67.2 Å². The fourth-order valence-corrected chi connectivity index (χ4v) is 2.65. The summed E-state index contributed by atoms with van der Waals surface area (Å²) >= 11 is 0. The van der Waals surface area contributed by atoms with Gasteiger partial charge < -0.3 is 20.3 Å². The number of ether oxygens (including phenoxy) is 1. The molecule has 1 saturated carbocycles. The van der Waals surface area contributed by atoms with Crippen LogP contribution in [0.15, 0.2) is 0 Å². The molecule has 0 aromatic heterocycles. The van der Waals surface area contributed by atoms with Crippen molar-refractivity contribution in [2.75, 3.05) is 45.9 Å². The van der Waals surface area contributed by atoms with Gasteiger partial charge in [-0.25, -0.2) is 0 Å². The van der Waals surface area contributed by atoms with Crippen LogP contribution in [0.1, 0.15) is 33.1 Å². The third kappa shape index (κ3) is 4.72. The van der Waals surface area contributed by atoms with Crippen molar-refractivity contribution in [1.29, 1.82) is 0 Å². The monoisotopic (exact) mass is 283 g/mol. The lowest BCUT2D eigenvalue weighted by Crippen LogP contribution is -2.51. The van der Waals surface area contributed by atoms with Crippen molar-refractivity contribution in [1.82, 2.24) is 9.80 Å². The average molecular weight is 283 g/mol. The van der Waals surface area contributed by atoms with Gasteiger partial charge in [-0.15, -0.1) is 0 Å². The van der Waals surface area contributed by atoms with Gasteiger partial charge in [-0.05, 0) is 39.0 Å². The summed E-state index contributed by atoms with van der Waals surface area (Å²) in [6.45, 7) is 10.6. The number of nitrogens with two attached hydrogens (primary N) is 1. The molecule has 0 radical (unpaired) electrons. The minimum Gasteiger partial charge on any atom is -0.465 e. The molecule has 1 heterocycles. The normalized spacial score (nSPS) is 24.4. The summed E-state index contributed by atoms with van der Waals surface area (Å²) in [4.78, 5) is 16.7. The Morgan fingerprint density at radius 3 is 2.40 bits per heavy atom. The molecule has 1 aliphatic heterocycles. The molecule has 0 spiro atoms. The Kier molecular flexibility index (Phi) is 5.41. The first-order valence-electron chi connectivity index (χ1n) is 7.92. The summed E-state index contributed by atoms with van der Waals surface area (Å²) < 4.78 is 5.02. The number of piperazine rings is 1. The lowest BCUT2D eigenvalue weighted by Gasteiger charge is -2.36. The molecule has 2 rings (SSSR count). The van der Waals surface area contributed by atoms with Gasteiger partial charge in [0.25, 0.3) is 0 Å². The number of esters is 1. The van der Waals surface area contributed by atoms with Gasteiger partial charge in [0.1, 0.15) is 5.54 Å². The van der Waals surface area contributed by atoms with Crippen LogP contribution >= 0.6 is 0 Å². The molecule has 0 bridgehead atoms. The number of rotatable bonds is 7. The fraction of sp³-hybridized carbons (Fsp3) is 0.933. The predicted molar refractivity (Wildman–Crippen MR) is 79.4 cm³/mol. The second kappa shape index (κ2) is 6.87. The first-order chi connectivity index (χ1) is 9.51. The molecule has 1 aliphatic carbocycles. The van der Waals surface area contributed by atoms with Gasteiger partial charge in [-0.1, -0.05) is 0 Å². The number of carbonyl (C=O) groups is 1. The molecule has 2 N–H and O–H groups in total. The molecule has 0 aromatic rings. The summed E-state index contributed by atoms with van der Waals surface area (Å²) in [6.07, 6.45) is 3.50. The predicted octanol–water partition coefficient (Wildman–Crippen LogP) is 0.685. The molecule has 20 heavy (non-hydrogen) atoms. The minimum atomic E-state index is -0.860. The maximum atomic E-state index is 11.7. The summed E-state index contributed by atoms with van der Waals surface area (Å²) in [5, 5.41) is 0. The molecule has 2 fully saturated rings. The number of hydrogen-bond acceptors (Lipinski definition) is 5. The van der Waals surface area contributed by atoms with E-state index in [-0.39, 0.29) is 5.97 Å². The SMILES string of the molecule is CCOC(=O)C(C)(N)CCN1CCN(CC2CC2)CC1. The minimum absolute atomic E-state index is 0.285. The maximum absolute atomic E-state index is 11.7. The fourth-order valence-electron chi connectivity index (χ4n) is 2.65. The number of nitrogens with zero attached hydrogens (tertiary/aromatic N) is 2. The van der Waals surface area contributed by atoms with Crippen molar-refractivity contribution in [3.63, 3.8) is 0 Å². The van der Waals surface area contributed by atoms with Crippen molar-refractivity contribution < 1.29 is 9.53 Å². The number of hydrogen-bond donors (Lipinski definition) is 1. The largest absolute Gasteiger partial charge is 0.465 e. The van der Waals surface area contributed by atoms with Gasteiger partial charge in [0.2, 0.25) is 0 Å². The lowest BCUT2D eigenvalue weighted by molar-refractivity contribution is -0.149. The Hall–Kier alpha value is -0.650. The van der Waals surface area contributed by atoms with Crippen molar-refractivity contribution in [2.24, 2.45) is 11.7 Å². The quantitative estimate of drug-likeness (QED) is 0.697. The van der Waals surface area contributed by atoms with E-state index in [2.05, 4.69) is 9.80 Å². The van der Waals surface area contributed by atoms with Crippen LogP contribution in [0.4, 0.5) is 0 Å². The Morgan fingerprint density at radius 2 is 1.85 bits per heavy atom. The molecule has 5 heteroatoms. The zero-order valence-corrected chi connectivity index (χ0v) is 12.9. The third-order valence-corrected chi connectivity index (χ3v) is 4.37. The molecule has 1 atom stereocenters. The van der Waals surface area contributed by atoms with Crippen molar-refractivity contribution in [3.8, 4) is 0 Å². The Labute approximate surface area is 122 Å². The van der Waals surface area contributed by atoms with E-state index in [0.717, 1.165) is 38.6 Å². The summed E-state index contributed by atoms with van der Waals surface area (Å²) in [5.74, 6) is 0.685. The summed E-state index contributed by atoms with van der Waals surface area (Å²) in [6, 6.07) is 0. The van der Waals surface area contributed by atoms with E-state index in [1.54, 1.807) is 6.92 Å². The van der Waals surface area contributed by atoms with Crippen molar-refractivity contribution in [3.05, 3.63) is 0 Å². The van der Waals surface area contributed by atoms with Crippen LogP contribution in [0.5, 0.6) is 0 Å². The lowest BCUT2D eigenvalue weighted by atomic mass is 9.99. The average Bonchev–Trinajstić information content (AvgIpc) is 3.22. The standard InChI is InChI=1S/C15H29N3O2/c1-3-20-14(19)15(2,16)6-7-17-8-10-18(11-9-17)12-13-4-5-13/h13H,3-12,16H2,1-2H3. The van der Waals surface area contributed by atoms with Crippen LogP contribution in [0.3, 0.4) is 0 Å². The van der Waals surface area contributed by atoms with E-state index < -0.39 is 5.54 Å². The highest BCUT2D eigenvalue weighted by atomic mass is 16.5. The van der Waals surface area contributed by atoms with E-state index in [1.165, 1.54) is 19.4 Å². The first kappa shape index (κ1) is 15.7. The van der Waals surface area contributed by atoms with Crippen LogP contribution in [-0.2, 0) is 9.53 Å². The van der Waals surface area contributed by atoms with E-state index in [0.29, 0.717) is 13.0 Å². The van der Waals surface area contributed by atoms with Gasteiger partial charge in [-0.3, -0.25) is 4.79 Å². The smallest absolute Gasteiger partial charge is 0.325 e. The number of carbonyl (C=O) groups excluding carboxylic acids is 1. The third-order valence-electron chi connectivity index (χ3n) is 4.37. The zero-order chi connectivity index (χ0) is 14.6. The van der Waals surface area contributed by atoms with Crippen LogP contribution in [0, 0.1) is 5.92 Å². The second-order valence-electron chi connectivity index (χ2n) is 6.47. The van der Waals surface area contributed by atoms with E-state index in [1.807, 2.05) is 6.92 Å². The van der Waals surface area contributed by atoms with Gasteiger partial charge >= 0.3 is 5.97 Å². The Morgan fingerprint density at radius 1 is 1.25 bits per heavy atom. The van der Waals surface area contributed by atoms with Crippen LogP contribution in [0.2, 0.25) is 0 Å². The molecule has 1 unspecified atom stereocenters. The highest BCUT2D eigenvalue weighted by Gasteiger charge is 2.31. The topological polar surface area (TPSA) is 58.8 Å². The first-order valence-corrected chi connectivity index (χ1v) is 7.92. The second-order valence-corrected chi connectivity index (χ2v) is 6.47. The van der Waals surface area contributed by atoms with Crippen LogP contribution in [0.25, 0.3) is 0 Å². The van der Waals surface area contributed by atoms with E-state index in [9.17, 15) is 4.79 Å². The molecular weight excluding hydrogens is 254 g/mol. The van der Waals surface area contributed by atoms with Crippen molar-refractivity contribution >= 4 is 5.97 Å². The highest BCUT2D eigenvalue weighted by Crippen LogP contribution is 2.29. The molecule has 1 saturated heterocycles. The van der Waals surface area contributed by atoms with Gasteiger partial charge in [0.15, 0.2) is 0 Å². The Balaban J connectivity index is 1.65. The molecule has 0 amide bonds. The maximum Gasteiger partial charge on any atom is 0.325 e. The molecule has 116 valence electrons. The van der Waals surface area contributed by atoms with E-state index in [4.69, 9.17) is 10.5 Å². The zero-order valence-electron chi connectivity index (χ0n) is 12.9. The molecule has 2 aliphatic rings. The van der Waals surface area contributed by atoms with Gasteiger partial charge in [0, 0.05) is 39.3 Å². The van der Waals surface area contributed by atoms with E-state index >= 15 is 0 Å². The summed E-state index contributed by atoms with van der Waals surface area (Å²) in [5.41, 5.74) is 5.19. The van der Waals surface area contributed by atoms with Gasteiger partial charge in [0.05, 0.1) is 6.61 Å². The molecule has 0 aromatic carbocycles. The molecular formula is C15H29N3O2. The Bertz CT molecular complexity index is 321. The summed E-state index contributed by atoms with van der Waals surface area (Å²) in [7, 11) is 0. The molecule has 5 nitrogen and oxygen atoms in total. The highest BCUT2D eigenvalue weighted by molar-refractivity contribution is 5.79. The van der Waals surface area contributed by atoms with Crippen LogP contribution < -0.4 is 5.73 Å².